The maximum Gasteiger partial charge on any atom is 0.338 e. The van der Waals surface area contributed by atoms with Crippen molar-refractivity contribution in [1.82, 2.24) is 4.31 Å². The Labute approximate surface area is 184 Å². The molecule has 0 spiro atoms. The van der Waals surface area contributed by atoms with Crippen molar-refractivity contribution in [3.05, 3.63) is 59.7 Å². The van der Waals surface area contributed by atoms with Crippen molar-refractivity contribution >= 4 is 27.6 Å². The molecule has 31 heavy (non-hydrogen) atoms. The standard InChI is InChI=1S/C23H30N2O5S/c1-5-17(4)20-13-8-9-14-21(20)24-22(26)16-30-23(27)18-11-10-12-19(15-18)31(28,29)25(6-2)7-3/h8-15,17H,5-7,16H2,1-4H3,(H,24,26)/t17-/m0/s1. The van der Waals surface area contributed by atoms with Gasteiger partial charge >= 0.3 is 5.97 Å². The van der Waals surface area contributed by atoms with Gasteiger partial charge in [0.05, 0.1) is 10.5 Å². The van der Waals surface area contributed by atoms with Gasteiger partial charge in [-0.2, -0.15) is 4.31 Å². The zero-order valence-corrected chi connectivity index (χ0v) is 19.2. The van der Waals surface area contributed by atoms with E-state index < -0.39 is 28.5 Å². The molecule has 0 bridgehead atoms. The number of ether oxygens (including phenoxy) is 1. The van der Waals surface area contributed by atoms with Crippen LogP contribution in [0.2, 0.25) is 0 Å². The first-order valence-electron chi connectivity index (χ1n) is 10.4. The number of para-hydroxylation sites is 1. The minimum Gasteiger partial charge on any atom is -0.452 e. The van der Waals surface area contributed by atoms with Gasteiger partial charge in [0.2, 0.25) is 10.0 Å². The predicted molar refractivity (Wildman–Crippen MR) is 121 cm³/mol. The van der Waals surface area contributed by atoms with Gasteiger partial charge in [-0.05, 0) is 42.2 Å². The first kappa shape index (κ1) is 24.6. The fourth-order valence-electron chi connectivity index (χ4n) is 3.16. The monoisotopic (exact) mass is 446 g/mol. The molecule has 2 aromatic rings. The minimum absolute atomic E-state index is 0.0117. The zero-order valence-electron chi connectivity index (χ0n) is 18.4. The first-order chi connectivity index (χ1) is 14.7. The Bertz CT molecular complexity index is 1020. The number of benzene rings is 2. The van der Waals surface area contributed by atoms with Crippen molar-refractivity contribution in [2.45, 2.75) is 44.9 Å². The average Bonchev–Trinajstić information content (AvgIpc) is 2.78. The Balaban J connectivity index is 2.06. The lowest BCUT2D eigenvalue weighted by molar-refractivity contribution is -0.119. The van der Waals surface area contributed by atoms with Gasteiger partial charge in [-0.3, -0.25) is 4.79 Å². The molecular formula is C23H30N2O5S. The summed E-state index contributed by atoms with van der Waals surface area (Å²) >= 11 is 0. The summed E-state index contributed by atoms with van der Waals surface area (Å²) in [6.45, 7) is 7.82. The Morgan fingerprint density at radius 1 is 1.03 bits per heavy atom. The van der Waals surface area contributed by atoms with E-state index in [1.165, 1.54) is 28.6 Å². The highest BCUT2D eigenvalue weighted by molar-refractivity contribution is 7.89. The molecule has 0 aliphatic carbocycles. The highest BCUT2D eigenvalue weighted by Gasteiger charge is 2.23. The maximum absolute atomic E-state index is 12.7. The maximum atomic E-state index is 12.7. The molecule has 0 radical (unpaired) electrons. The summed E-state index contributed by atoms with van der Waals surface area (Å²) in [4.78, 5) is 24.7. The van der Waals surface area contributed by atoms with Crippen LogP contribution in [0.4, 0.5) is 5.69 Å². The summed E-state index contributed by atoms with van der Waals surface area (Å²) in [5.74, 6) is -0.951. The normalized spacial score (nSPS) is 12.4. The number of sulfonamides is 1. The predicted octanol–water partition coefficient (Wildman–Crippen LogP) is 4.03. The number of anilines is 1. The second-order valence-electron chi connectivity index (χ2n) is 7.14. The van der Waals surface area contributed by atoms with Crippen LogP contribution in [-0.2, 0) is 19.6 Å². The lowest BCUT2D eigenvalue weighted by Gasteiger charge is -2.18. The van der Waals surface area contributed by atoms with Crippen LogP contribution in [0.25, 0.3) is 0 Å². The summed E-state index contributed by atoms with van der Waals surface area (Å²) in [7, 11) is -3.70. The molecule has 0 saturated carbocycles. The Kier molecular flexibility index (Phi) is 8.76. The third-order valence-electron chi connectivity index (χ3n) is 5.13. The molecule has 1 amide bonds. The number of hydrogen-bond donors (Lipinski definition) is 1. The van der Waals surface area contributed by atoms with Crippen molar-refractivity contribution in [2.24, 2.45) is 0 Å². The Hall–Kier alpha value is -2.71. The summed E-state index contributed by atoms with van der Waals surface area (Å²) in [5, 5.41) is 2.78. The Morgan fingerprint density at radius 3 is 2.35 bits per heavy atom. The summed E-state index contributed by atoms with van der Waals surface area (Å²) in [5.41, 5.74) is 1.77. The topological polar surface area (TPSA) is 92.8 Å². The largest absolute Gasteiger partial charge is 0.452 e. The number of nitrogens with zero attached hydrogens (tertiary/aromatic N) is 1. The lowest BCUT2D eigenvalue weighted by Crippen LogP contribution is -2.30. The molecule has 0 aromatic heterocycles. The molecule has 0 fully saturated rings. The van der Waals surface area contributed by atoms with Crippen molar-refractivity contribution in [2.75, 3.05) is 25.0 Å². The first-order valence-corrected chi connectivity index (χ1v) is 11.8. The van der Waals surface area contributed by atoms with Gasteiger partial charge in [-0.25, -0.2) is 13.2 Å². The van der Waals surface area contributed by atoms with E-state index in [0.29, 0.717) is 18.8 Å². The van der Waals surface area contributed by atoms with Crippen molar-refractivity contribution in [3.63, 3.8) is 0 Å². The molecule has 2 aromatic carbocycles. The lowest BCUT2D eigenvalue weighted by atomic mass is 9.97. The molecule has 2 rings (SSSR count). The van der Waals surface area contributed by atoms with Crippen LogP contribution in [0.5, 0.6) is 0 Å². The van der Waals surface area contributed by atoms with Gasteiger partial charge in [0.1, 0.15) is 0 Å². The van der Waals surface area contributed by atoms with E-state index in [9.17, 15) is 18.0 Å². The fraction of sp³-hybridized carbons (Fsp3) is 0.391. The van der Waals surface area contributed by atoms with E-state index >= 15 is 0 Å². The molecule has 1 atom stereocenters. The van der Waals surface area contributed by atoms with Gasteiger partial charge in [-0.15, -0.1) is 0 Å². The number of nitrogens with one attached hydrogen (secondary N) is 1. The molecule has 1 N–H and O–H groups in total. The SMILES string of the molecule is CC[C@H](C)c1ccccc1NC(=O)COC(=O)c1cccc(S(=O)(=O)N(CC)CC)c1. The summed E-state index contributed by atoms with van der Waals surface area (Å²) < 4.78 is 31.7. The van der Waals surface area contributed by atoms with E-state index in [1.54, 1.807) is 13.8 Å². The second kappa shape index (κ2) is 11.1. The van der Waals surface area contributed by atoms with Gasteiger partial charge in [0.25, 0.3) is 5.91 Å². The van der Waals surface area contributed by atoms with Crippen LogP contribution in [0.15, 0.2) is 53.4 Å². The molecule has 0 aliphatic heterocycles. The molecular weight excluding hydrogens is 416 g/mol. The highest BCUT2D eigenvalue weighted by atomic mass is 32.2. The third-order valence-corrected chi connectivity index (χ3v) is 7.17. The molecule has 168 valence electrons. The van der Waals surface area contributed by atoms with Crippen LogP contribution < -0.4 is 5.32 Å². The van der Waals surface area contributed by atoms with Crippen LogP contribution in [0, 0.1) is 0 Å². The summed E-state index contributed by atoms with van der Waals surface area (Å²) in [6.07, 6.45) is 0.925. The van der Waals surface area contributed by atoms with E-state index in [0.717, 1.165) is 12.0 Å². The van der Waals surface area contributed by atoms with Crippen molar-refractivity contribution < 1.29 is 22.7 Å². The second-order valence-corrected chi connectivity index (χ2v) is 9.08. The van der Waals surface area contributed by atoms with Crippen LogP contribution in [0.1, 0.15) is 56.0 Å². The number of carbonyl (C=O) groups is 2. The minimum atomic E-state index is -3.70. The van der Waals surface area contributed by atoms with Gasteiger partial charge in [-0.1, -0.05) is 52.0 Å². The van der Waals surface area contributed by atoms with E-state index in [1.807, 2.05) is 24.3 Å². The number of carbonyl (C=O) groups excluding carboxylic acids is 2. The Morgan fingerprint density at radius 2 is 1.71 bits per heavy atom. The molecule has 7 nitrogen and oxygen atoms in total. The quantitative estimate of drug-likeness (QED) is 0.556. The molecule has 8 heteroatoms. The van der Waals surface area contributed by atoms with E-state index in [2.05, 4.69) is 19.2 Å². The van der Waals surface area contributed by atoms with E-state index in [-0.39, 0.29) is 16.4 Å². The highest BCUT2D eigenvalue weighted by Crippen LogP contribution is 2.26. The average molecular weight is 447 g/mol. The van der Waals surface area contributed by atoms with Crippen molar-refractivity contribution in [1.29, 1.82) is 0 Å². The van der Waals surface area contributed by atoms with E-state index in [4.69, 9.17) is 4.74 Å². The zero-order chi connectivity index (χ0) is 23.0. The number of hydrogen-bond acceptors (Lipinski definition) is 5. The summed E-state index contributed by atoms with van der Waals surface area (Å²) in [6, 6.07) is 13.1. The van der Waals surface area contributed by atoms with Gasteiger partial charge in [0, 0.05) is 18.8 Å². The molecule has 0 heterocycles. The smallest absolute Gasteiger partial charge is 0.338 e. The molecule has 0 unspecified atom stereocenters. The number of esters is 1. The van der Waals surface area contributed by atoms with Crippen molar-refractivity contribution in [3.8, 4) is 0 Å². The molecule has 0 aliphatic rings. The fourth-order valence-corrected chi connectivity index (χ4v) is 4.66. The van der Waals surface area contributed by atoms with Gasteiger partial charge in [0.15, 0.2) is 6.61 Å². The molecule has 0 saturated heterocycles. The third kappa shape index (κ3) is 6.15. The van der Waals surface area contributed by atoms with Crippen LogP contribution in [0.3, 0.4) is 0 Å². The number of amides is 1. The number of rotatable bonds is 10. The van der Waals surface area contributed by atoms with Crippen LogP contribution in [-0.4, -0.2) is 44.3 Å². The van der Waals surface area contributed by atoms with Gasteiger partial charge < -0.3 is 10.1 Å². The van der Waals surface area contributed by atoms with Crippen LogP contribution >= 0.6 is 0 Å².